The first-order valence-electron chi connectivity index (χ1n) is 8.59. The van der Waals surface area contributed by atoms with Crippen molar-refractivity contribution in [3.63, 3.8) is 0 Å². The van der Waals surface area contributed by atoms with Gasteiger partial charge in [-0.2, -0.15) is 0 Å². The van der Waals surface area contributed by atoms with Gasteiger partial charge < -0.3 is 9.64 Å². The second kappa shape index (κ2) is 6.69. The summed E-state index contributed by atoms with van der Waals surface area (Å²) in [5, 5.41) is 8.63. The number of rotatable bonds is 4. The van der Waals surface area contributed by atoms with Gasteiger partial charge in [0, 0.05) is 12.2 Å². The molecular weight excluding hydrogens is 312 g/mol. The number of nitrogens with zero attached hydrogens (tertiary/aromatic N) is 4. The van der Waals surface area contributed by atoms with Crippen molar-refractivity contribution in [1.82, 2.24) is 15.0 Å². The molecule has 0 radical (unpaired) electrons. The van der Waals surface area contributed by atoms with Crippen molar-refractivity contribution < 1.29 is 4.74 Å². The van der Waals surface area contributed by atoms with Crippen LogP contribution >= 0.6 is 0 Å². The maximum Gasteiger partial charge on any atom is 0.177 e. The summed E-state index contributed by atoms with van der Waals surface area (Å²) in [4.78, 5) is 2.24. The Labute approximate surface area is 147 Å². The number of hydrogen-bond donors (Lipinski definition) is 0. The molecule has 0 spiro atoms. The van der Waals surface area contributed by atoms with E-state index < -0.39 is 0 Å². The molecule has 0 saturated carbocycles. The monoisotopic (exact) mass is 334 g/mol. The molecule has 1 fully saturated rings. The van der Waals surface area contributed by atoms with Gasteiger partial charge in [-0.05, 0) is 31.5 Å². The number of ether oxygens (including phenoxy) is 1. The number of aryl methyl sites for hydroxylation is 2. The zero-order chi connectivity index (χ0) is 17.2. The standard InChI is InChI=1S/C20H22N4O/c1-15-3-7-17(8-4-15)13-23-14-19(21-22-23)20-24(11-12-25-20)18-9-5-16(2)6-10-18/h3-10,14,20H,11-13H2,1-2H3/t20-/m0/s1. The first-order valence-corrected chi connectivity index (χ1v) is 8.59. The first-order chi connectivity index (χ1) is 12.2. The SMILES string of the molecule is Cc1ccc(Cn2cc([C@@H]3OCCN3c3ccc(C)cc3)nn2)cc1. The van der Waals surface area contributed by atoms with E-state index in [1.165, 1.54) is 16.7 Å². The Balaban J connectivity index is 1.52. The van der Waals surface area contributed by atoms with Crippen LogP contribution in [-0.2, 0) is 11.3 Å². The number of benzene rings is 2. The molecule has 1 aliphatic heterocycles. The van der Waals surface area contributed by atoms with Crippen LogP contribution in [0.3, 0.4) is 0 Å². The minimum absolute atomic E-state index is 0.172. The largest absolute Gasteiger partial charge is 0.350 e. The van der Waals surface area contributed by atoms with Gasteiger partial charge in [-0.25, -0.2) is 4.68 Å². The molecule has 1 saturated heterocycles. The summed E-state index contributed by atoms with van der Waals surface area (Å²) in [5.41, 5.74) is 5.73. The van der Waals surface area contributed by atoms with Crippen LogP contribution in [-0.4, -0.2) is 28.1 Å². The van der Waals surface area contributed by atoms with Crippen molar-refractivity contribution >= 4 is 5.69 Å². The van der Waals surface area contributed by atoms with E-state index in [4.69, 9.17) is 4.74 Å². The molecule has 0 amide bonds. The Morgan fingerprint density at radius 1 is 1.00 bits per heavy atom. The third-order valence-corrected chi connectivity index (χ3v) is 4.53. The molecule has 5 heteroatoms. The zero-order valence-electron chi connectivity index (χ0n) is 14.6. The summed E-state index contributed by atoms with van der Waals surface area (Å²) < 4.78 is 7.80. The summed E-state index contributed by atoms with van der Waals surface area (Å²) in [6.07, 6.45) is 1.81. The Kier molecular flexibility index (Phi) is 4.24. The highest BCUT2D eigenvalue weighted by molar-refractivity contribution is 5.49. The summed E-state index contributed by atoms with van der Waals surface area (Å²) in [6.45, 7) is 6.46. The average molecular weight is 334 g/mol. The quantitative estimate of drug-likeness (QED) is 0.733. The third-order valence-electron chi connectivity index (χ3n) is 4.53. The zero-order valence-corrected chi connectivity index (χ0v) is 14.6. The smallest absolute Gasteiger partial charge is 0.177 e. The molecule has 1 atom stereocenters. The van der Waals surface area contributed by atoms with Crippen molar-refractivity contribution in [1.29, 1.82) is 0 Å². The fraction of sp³-hybridized carbons (Fsp3) is 0.300. The van der Waals surface area contributed by atoms with Gasteiger partial charge in [0.05, 0.1) is 19.3 Å². The van der Waals surface area contributed by atoms with Gasteiger partial charge in [-0.1, -0.05) is 52.7 Å². The van der Waals surface area contributed by atoms with Crippen molar-refractivity contribution in [3.05, 3.63) is 77.1 Å². The van der Waals surface area contributed by atoms with Gasteiger partial charge in [-0.15, -0.1) is 5.10 Å². The second-order valence-electron chi connectivity index (χ2n) is 6.58. The van der Waals surface area contributed by atoms with E-state index in [2.05, 4.69) is 77.6 Å². The van der Waals surface area contributed by atoms with Crippen molar-refractivity contribution in [2.24, 2.45) is 0 Å². The van der Waals surface area contributed by atoms with E-state index in [1.54, 1.807) is 0 Å². The van der Waals surface area contributed by atoms with Crippen molar-refractivity contribution in [2.75, 3.05) is 18.1 Å². The average Bonchev–Trinajstić information content (AvgIpc) is 3.27. The molecule has 3 aromatic rings. The molecular formula is C20H22N4O. The van der Waals surface area contributed by atoms with E-state index in [9.17, 15) is 0 Å². The lowest BCUT2D eigenvalue weighted by molar-refractivity contribution is 0.110. The number of anilines is 1. The van der Waals surface area contributed by atoms with Crippen LogP contribution in [0.2, 0.25) is 0 Å². The molecule has 2 aromatic carbocycles. The molecule has 0 aliphatic carbocycles. The fourth-order valence-corrected chi connectivity index (χ4v) is 3.10. The normalized spacial score (nSPS) is 17.2. The van der Waals surface area contributed by atoms with Gasteiger partial charge in [-0.3, -0.25) is 0 Å². The van der Waals surface area contributed by atoms with E-state index >= 15 is 0 Å². The summed E-state index contributed by atoms with van der Waals surface area (Å²) >= 11 is 0. The van der Waals surface area contributed by atoms with E-state index in [0.717, 1.165) is 17.9 Å². The molecule has 128 valence electrons. The molecule has 0 unspecified atom stereocenters. The predicted octanol–water partition coefficient (Wildman–Crippen LogP) is 3.48. The van der Waals surface area contributed by atoms with Crippen LogP contribution in [0, 0.1) is 13.8 Å². The lowest BCUT2D eigenvalue weighted by Gasteiger charge is -2.23. The molecule has 2 heterocycles. The minimum atomic E-state index is -0.172. The van der Waals surface area contributed by atoms with Crippen LogP contribution in [0.1, 0.15) is 28.6 Å². The Morgan fingerprint density at radius 2 is 1.68 bits per heavy atom. The van der Waals surface area contributed by atoms with E-state index in [-0.39, 0.29) is 6.23 Å². The van der Waals surface area contributed by atoms with Crippen LogP contribution < -0.4 is 4.90 Å². The second-order valence-corrected chi connectivity index (χ2v) is 6.58. The molecule has 5 nitrogen and oxygen atoms in total. The van der Waals surface area contributed by atoms with Gasteiger partial charge in [0.25, 0.3) is 0 Å². The molecule has 0 bridgehead atoms. The molecule has 1 aliphatic rings. The van der Waals surface area contributed by atoms with E-state index in [0.29, 0.717) is 13.2 Å². The van der Waals surface area contributed by atoms with Gasteiger partial charge in [0.2, 0.25) is 0 Å². The maximum atomic E-state index is 5.93. The topological polar surface area (TPSA) is 43.2 Å². The highest BCUT2D eigenvalue weighted by Crippen LogP contribution is 2.31. The molecule has 0 N–H and O–H groups in total. The summed E-state index contributed by atoms with van der Waals surface area (Å²) in [6, 6.07) is 17.0. The van der Waals surface area contributed by atoms with Gasteiger partial charge in [0.15, 0.2) is 6.23 Å². The van der Waals surface area contributed by atoms with Gasteiger partial charge >= 0.3 is 0 Å². The third kappa shape index (κ3) is 3.42. The lowest BCUT2D eigenvalue weighted by atomic mass is 10.1. The molecule has 25 heavy (non-hydrogen) atoms. The Morgan fingerprint density at radius 3 is 2.40 bits per heavy atom. The fourth-order valence-electron chi connectivity index (χ4n) is 3.10. The van der Waals surface area contributed by atoms with Gasteiger partial charge in [0.1, 0.15) is 5.69 Å². The first kappa shape index (κ1) is 15.8. The van der Waals surface area contributed by atoms with Crippen LogP contribution in [0.15, 0.2) is 54.7 Å². The Bertz CT molecular complexity index is 839. The van der Waals surface area contributed by atoms with Crippen LogP contribution in [0.25, 0.3) is 0 Å². The maximum absolute atomic E-state index is 5.93. The highest BCUT2D eigenvalue weighted by Gasteiger charge is 2.29. The summed E-state index contributed by atoms with van der Waals surface area (Å²) in [5.74, 6) is 0. The van der Waals surface area contributed by atoms with E-state index in [1.807, 2.05) is 10.9 Å². The molecule has 1 aromatic heterocycles. The number of aromatic nitrogens is 3. The number of hydrogen-bond acceptors (Lipinski definition) is 4. The minimum Gasteiger partial charge on any atom is -0.350 e. The Hall–Kier alpha value is -2.66. The summed E-state index contributed by atoms with van der Waals surface area (Å²) in [7, 11) is 0. The lowest BCUT2D eigenvalue weighted by Crippen LogP contribution is -2.23. The van der Waals surface area contributed by atoms with Crippen molar-refractivity contribution in [2.45, 2.75) is 26.6 Å². The van der Waals surface area contributed by atoms with Crippen LogP contribution in [0.4, 0.5) is 5.69 Å². The van der Waals surface area contributed by atoms with Crippen LogP contribution in [0.5, 0.6) is 0 Å². The highest BCUT2D eigenvalue weighted by atomic mass is 16.5. The molecule has 4 rings (SSSR count). The van der Waals surface area contributed by atoms with Crippen molar-refractivity contribution in [3.8, 4) is 0 Å². The predicted molar refractivity (Wildman–Crippen MR) is 97.5 cm³/mol.